The van der Waals surface area contributed by atoms with Crippen LogP contribution >= 0.6 is 0 Å². The smallest absolute Gasteiger partial charge is 0.229 e. The summed E-state index contributed by atoms with van der Waals surface area (Å²) in [5.74, 6) is 1.16. The van der Waals surface area contributed by atoms with Gasteiger partial charge in [0, 0.05) is 19.6 Å². The predicted molar refractivity (Wildman–Crippen MR) is 77.8 cm³/mol. The predicted octanol–water partition coefficient (Wildman–Crippen LogP) is 1.45. The molecule has 0 bridgehead atoms. The first-order valence-corrected chi connectivity index (χ1v) is 7.51. The number of carbonyl (C=O) groups excluding carboxylic acids is 1. The van der Waals surface area contributed by atoms with Gasteiger partial charge in [0.2, 0.25) is 5.91 Å². The van der Waals surface area contributed by atoms with Gasteiger partial charge in [-0.2, -0.15) is 0 Å². The summed E-state index contributed by atoms with van der Waals surface area (Å²) >= 11 is 0. The summed E-state index contributed by atoms with van der Waals surface area (Å²) in [5.41, 5.74) is 1.15. The summed E-state index contributed by atoms with van der Waals surface area (Å²) in [4.78, 5) is 14.8. The van der Waals surface area contributed by atoms with Crippen LogP contribution in [0.15, 0.2) is 24.3 Å². The Morgan fingerprint density at radius 2 is 2.20 bits per heavy atom. The summed E-state index contributed by atoms with van der Waals surface area (Å²) in [6.07, 6.45) is 1.81. The van der Waals surface area contributed by atoms with Crippen molar-refractivity contribution in [1.82, 2.24) is 10.2 Å². The van der Waals surface area contributed by atoms with Crippen molar-refractivity contribution in [2.24, 2.45) is 5.92 Å². The van der Waals surface area contributed by atoms with Crippen LogP contribution in [-0.4, -0.2) is 43.1 Å². The van der Waals surface area contributed by atoms with Gasteiger partial charge in [0.1, 0.15) is 12.4 Å². The molecular weight excluding hydrogens is 252 g/mol. The topological polar surface area (TPSA) is 41.6 Å². The third-order valence-corrected chi connectivity index (χ3v) is 4.18. The van der Waals surface area contributed by atoms with Crippen LogP contribution in [0.5, 0.6) is 5.75 Å². The Kier molecular flexibility index (Phi) is 3.92. The van der Waals surface area contributed by atoms with Gasteiger partial charge in [-0.3, -0.25) is 4.79 Å². The van der Waals surface area contributed by atoms with Crippen molar-refractivity contribution in [3.8, 4) is 5.75 Å². The number of ether oxygens (including phenoxy) is 1. The number of hydrogen-bond acceptors (Lipinski definition) is 3. The SMILES string of the molecule is CCCN(C(=O)C1COc2ccccc2C1)C1CNC1. The number of hydrogen-bond donors (Lipinski definition) is 1. The zero-order valence-corrected chi connectivity index (χ0v) is 12.0. The van der Waals surface area contributed by atoms with Gasteiger partial charge in [0.05, 0.1) is 12.0 Å². The van der Waals surface area contributed by atoms with Crippen LogP contribution in [0, 0.1) is 5.92 Å². The second kappa shape index (κ2) is 5.83. The van der Waals surface area contributed by atoms with E-state index in [1.807, 2.05) is 18.2 Å². The molecule has 0 aliphatic carbocycles. The molecule has 3 rings (SSSR count). The van der Waals surface area contributed by atoms with Crippen molar-refractivity contribution >= 4 is 5.91 Å². The molecule has 1 atom stereocenters. The van der Waals surface area contributed by atoms with Gasteiger partial charge in [-0.05, 0) is 24.5 Å². The van der Waals surface area contributed by atoms with Crippen LogP contribution in [0.4, 0.5) is 0 Å². The Morgan fingerprint density at radius 3 is 2.90 bits per heavy atom. The van der Waals surface area contributed by atoms with E-state index in [0.717, 1.165) is 43.8 Å². The highest BCUT2D eigenvalue weighted by atomic mass is 16.5. The van der Waals surface area contributed by atoms with E-state index in [-0.39, 0.29) is 11.8 Å². The molecule has 4 nitrogen and oxygen atoms in total. The molecule has 0 spiro atoms. The molecule has 4 heteroatoms. The Hall–Kier alpha value is -1.55. The van der Waals surface area contributed by atoms with Crippen molar-refractivity contribution in [3.63, 3.8) is 0 Å². The average Bonchev–Trinajstić information content (AvgIpc) is 2.43. The molecule has 2 aliphatic heterocycles. The molecule has 0 aromatic heterocycles. The number of rotatable bonds is 4. The molecule has 108 valence electrons. The maximum atomic E-state index is 12.8. The van der Waals surface area contributed by atoms with Crippen molar-refractivity contribution in [3.05, 3.63) is 29.8 Å². The Morgan fingerprint density at radius 1 is 1.40 bits per heavy atom. The Balaban J connectivity index is 1.70. The quantitative estimate of drug-likeness (QED) is 0.903. The fourth-order valence-corrected chi connectivity index (χ4v) is 2.93. The van der Waals surface area contributed by atoms with E-state index < -0.39 is 0 Å². The molecule has 1 unspecified atom stereocenters. The van der Waals surface area contributed by atoms with Crippen LogP contribution in [0.2, 0.25) is 0 Å². The van der Waals surface area contributed by atoms with Crippen LogP contribution in [0.1, 0.15) is 18.9 Å². The average molecular weight is 274 g/mol. The molecule has 20 heavy (non-hydrogen) atoms. The van der Waals surface area contributed by atoms with Gasteiger partial charge in [-0.1, -0.05) is 25.1 Å². The van der Waals surface area contributed by atoms with Crippen molar-refractivity contribution in [2.45, 2.75) is 25.8 Å². The minimum absolute atomic E-state index is 0.0305. The molecule has 0 saturated carbocycles. The fourth-order valence-electron chi connectivity index (χ4n) is 2.93. The molecule has 1 fully saturated rings. The molecule has 1 amide bonds. The van der Waals surface area contributed by atoms with E-state index in [0.29, 0.717) is 12.6 Å². The number of amides is 1. The molecule has 2 aliphatic rings. The van der Waals surface area contributed by atoms with E-state index in [9.17, 15) is 4.79 Å². The van der Waals surface area contributed by atoms with Crippen molar-refractivity contribution in [1.29, 1.82) is 0 Å². The van der Waals surface area contributed by atoms with Crippen LogP contribution in [0.25, 0.3) is 0 Å². The van der Waals surface area contributed by atoms with Gasteiger partial charge < -0.3 is 15.0 Å². The summed E-state index contributed by atoms with van der Waals surface area (Å²) in [6.45, 7) is 5.34. The third kappa shape index (κ3) is 2.52. The lowest BCUT2D eigenvalue weighted by atomic mass is 9.94. The lowest BCUT2D eigenvalue weighted by Crippen LogP contribution is -2.60. The number of nitrogens with zero attached hydrogens (tertiary/aromatic N) is 1. The molecule has 2 heterocycles. The van der Waals surface area contributed by atoms with Gasteiger partial charge in [-0.25, -0.2) is 0 Å². The first kappa shape index (κ1) is 13.4. The number of fused-ring (bicyclic) bond motifs is 1. The summed E-state index contributed by atoms with van der Waals surface area (Å²) in [6, 6.07) is 8.40. The van der Waals surface area contributed by atoms with E-state index in [4.69, 9.17) is 4.74 Å². The summed E-state index contributed by atoms with van der Waals surface area (Å²) in [7, 11) is 0. The van der Waals surface area contributed by atoms with E-state index in [1.54, 1.807) is 0 Å². The monoisotopic (exact) mass is 274 g/mol. The van der Waals surface area contributed by atoms with Gasteiger partial charge in [0.25, 0.3) is 0 Å². The molecular formula is C16H22N2O2. The maximum Gasteiger partial charge on any atom is 0.229 e. The molecule has 1 N–H and O–H groups in total. The first-order valence-electron chi connectivity index (χ1n) is 7.51. The van der Waals surface area contributed by atoms with E-state index in [1.165, 1.54) is 0 Å². The van der Waals surface area contributed by atoms with Crippen LogP contribution in [0.3, 0.4) is 0 Å². The lowest BCUT2D eigenvalue weighted by molar-refractivity contribution is -0.140. The second-order valence-electron chi connectivity index (χ2n) is 5.66. The molecule has 1 aromatic rings. The molecule has 0 radical (unpaired) electrons. The second-order valence-corrected chi connectivity index (χ2v) is 5.66. The van der Waals surface area contributed by atoms with Gasteiger partial charge >= 0.3 is 0 Å². The highest BCUT2D eigenvalue weighted by molar-refractivity contribution is 5.80. The molecule has 1 aromatic carbocycles. The highest BCUT2D eigenvalue weighted by Gasteiger charge is 2.34. The van der Waals surface area contributed by atoms with Crippen molar-refractivity contribution in [2.75, 3.05) is 26.2 Å². The third-order valence-electron chi connectivity index (χ3n) is 4.18. The van der Waals surface area contributed by atoms with E-state index in [2.05, 4.69) is 23.2 Å². The van der Waals surface area contributed by atoms with Gasteiger partial charge in [0.15, 0.2) is 0 Å². The minimum atomic E-state index is -0.0305. The number of para-hydroxylation sites is 1. The van der Waals surface area contributed by atoms with Crippen LogP contribution < -0.4 is 10.1 Å². The number of benzene rings is 1. The largest absolute Gasteiger partial charge is 0.492 e. The summed E-state index contributed by atoms with van der Waals surface area (Å²) < 4.78 is 5.75. The Labute approximate surface area is 120 Å². The zero-order chi connectivity index (χ0) is 13.9. The maximum absolute atomic E-state index is 12.8. The molecule has 1 saturated heterocycles. The number of nitrogens with one attached hydrogen (secondary N) is 1. The first-order chi connectivity index (χ1) is 9.79. The Bertz CT molecular complexity index is 485. The highest BCUT2D eigenvalue weighted by Crippen LogP contribution is 2.28. The summed E-state index contributed by atoms with van der Waals surface area (Å²) in [5, 5.41) is 3.25. The lowest BCUT2D eigenvalue weighted by Gasteiger charge is -2.40. The fraction of sp³-hybridized carbons (Fsp3) is 0.562. The zero-order valence-electron chi connectivity index (χ0n) is 12.0. The van der Waals surface area contributed by atoms with Crippen LogP contribution in [-0.2, 0) is 11.2 Å². The standard InChI is InChI=1S/C16H22N2O2/c1-2-7-18(14-9-17-10-14)16(19)13-8-12-5-3-4-6-15(12)20-11-13/h3-6,13-14,17H,2,7-11H2,1H3. The minimum Gasteiger partial charge on any atom is -0.492 e. The van der Waals surface area contributed by atoms with E-state index >= 15 is 0 Å². The van der Waals surface area contributed by atoms with Gasteiger partial charge in [-0.15, -0.1) is 0 Å². The van der Waals surface area contributed by atoms with Crippen molar-refractivity contribution < 1.29 is 9.53 Å². The number of carbonyl (C=O) groups is 1. The normalized spacial score (nSPS) is 21.6.